The molecule has 1 unspecified atom stereocenters. The van der Waals surface area contributed by atoms with Crippen LogP contribution in [0.5, 0.6) is 0 Å². The molecule has 3 heteroatoms. The van der Waals surface area contributed by atoms with Gasteiger partial charge in [-0.2, -0.15) is 5.26 Å². The molecule has 16 heavy (non-hydrogen) atoms. The van der Waals surface area contributed by atoms with Gasteiger partial charge in [-0.25, -0.2) is 0 Å². The Kier molecular flexibility index (Phi) is 4.53. The van der Waals surface area contributed by atoms with Crippen LogP contribution >= 0.6 is 0 Å². The highest BCUT2D eigenvalue weighted by molar-refractivity contribution is 5.92. The number of rotatable bonds is 4. The summed E-state index contributed by atoms with van der Waals surface area (Å²) in [6.45, 7) is 4.09. The third-order valence-electron chi connectivity index (χ3n) is 2.55. The number of nitriles is 1. The Hall–Kier alpha value is -1.82. The number of carbonyl (C=O) groups excluding carboxylic acids is 1. The average Bonchev–Trinajstić information content (AvgIpc) is 2.29. The van der Waals surface area contributed by atoms with E-state index in [4.69, 9.17) is 5.26 Å². The lowest BCUT2D eigenvalue weighted by Crippen LogP contribution is -2.15. The fourth-order valence-corrected chi connectivity index (χ4v) is 1.35. The van der Waals surface area contributed by atoms with E-state index in [0.29, 0.717) is 23.6 Å². The van der Waals surface area contributed by atoms with Crippen molar-refractivity contribution in [2.75, 3.05) is 5.32 Å². The van der Waals surface area contributed by atoms with Gasteiger partial charge in [0.15, 0.2) is 0 Å². The smallest absolute Gasteiger partial charge is 0.224 e. The van der Waals surface area contributed by atoms with Crippen molar-refractivity contribution in [2.24, 2.45) is 5.92 Å². The second-order valence-corrected chi connectivity index (χ2v) is 3.92. The molecule has 1 aromatic rings. The van der Waals surface area contributed by atoms with Gasteiger partial charge in [0, 0.05) is 6.42 Å². The number of amides is 1. The molecule has 1 rings (SSSR count). The van der Waals surface area contributed by atoms with Crippen LogP contribution < -0.4 is 5.32 Å². The normalized spacial score (nSPS) is 11.6. The van der Waals surface area contributed by atoms with E-state index in [1.807, 2.05) is 6.92 Å². The molecule has 1 N–H and O–H groups in total. The van der Waals surface area contributed by atoms with Gasteiger partial charge in [-0.15, -0.1) is 0 Å². The van der Waals surface area contributed by atoms with Crippen LogP contribution in [-0.4, -0.2) is 5.91 Å². The quantitative estimate of drug-likeness (QED) is 0.841. The van der Waals surface area contributed by atoms with Gasteiger partial charge in [0.25, 0.3) is 0 Å². The van der Waals surface area contributed by atoms with Crippen LogP contribution in [0, 0.1) is 17.2 Å². The van der Waals surface area contributed by atoms with Gasteiger partial charge in [-0.3, -0.25) is 4.79 Å². The van der Waals surface area contributed by atoms with Crippen molar-refractivity contribution < 1.29 is 4.79 Å². The van der Waals surface area contributed by atoms with E-state index in [1.165, 1.54) is 0 Å². The Labute approximate surface area is 96.1 Å². The first-order chi connectivity index (χ1) is 7.67. The fraction of sp³-hybridized carbons (Fsp3) is 0.385. The first-order valence-electron chi connectivity index (χ1n) is 5.46. The number of hydrogen-bond donors (Lipinski definition) is 1. The molecule has 0 aliphatic rings. The van der Waals surface area contributed by atoms with E-state index >= 15 is 0 Å². The van der Waals surface area contributed by atoms with Crippen LogP contribution in [0.15, 0.2) is 24.3 Å². The van der Waals surface area contributed by atoms with Gasteiger partial charge in [-0.1, -0.05) is 32.4 Å². The van der Waals surface area contributed by atoms with Crippen LogP contribution in [-0.2, 0) is 4.79 Å². The number of nitrogens with zero attached hydrogens (tertiary/aromatic N) is 1. The Balaban J connectivity index is 2.67. The molecule has 0 fully saturated rings. The molecule has 0 aliphatic heterocycles. The first-order valence-corrected chi connectivity index (χ1v) is 5.46. The van der Waals surface area contributed by atoms with Crippen molar-refractivity contribution in [2.45, 2.75) is 26.7 Å². The molecule has 0 heterocycles. The summed E-state index contributed by atoms with van der Waals surface area (Å²) < 4.78 is 0. The number of benzene rings is 1. The summed E-state index contributed by atoms with van der Waals surface area (Å²) in [6, 6.07) is 9.08. The highest BCUT2D eigenvalue weighted by Gasteiger charge is 2.09. The van der Waals surface area contributed by atoms with E-state index < -0.39 is 0 Å². The topological polar surface area (TPSA) is 52.9 Å². The zero-order valence-electron chi connectivity index (χ0n) is 9.66. The number of hydrogen-bond acceptors (Lipinski definition) is 2. The van der Waals surface area contributed by atoms with Crippen molar-refractivity contribution in [1.82, 2.24) is 0 Å². The zero-order valence-corrected chi connectivity index (χ0v) is 9.66. The van der Waals surface area contributed by atoms with Gasteiger partial charge >= 0.3 is 0 Å². The van der Waals surface area contributed by atoms with Gasteiger partial charge < -0.3 is 5.32 Å². The summed E-state index contributed by atoms with van der Waals surface area (Å²) in [4.78, 5) is 11.6. The zero-order chi connectivity index (χ0) is 12.0. The van der Waals surface area contributed by atoms with Gasteiger partial charge in [-0.05, 0) is 18.1 Å². The molecule has 1 atom stereocenters. The van der Waals surface area contributed by atoms with E-state index in [9.17, 15) is 4.79 Å². The summed E-state index contributed by atoms with van der Waals surface area (Å²) in [7, 11) is 0. The van der Waals surface area contributed by atoms with Crippen LogP contribution in [0.25, 0.3) is 0 Å². The number of anilines is 1. The molecule has 0 aromatic heterocycles. The first kappa shape index (κ1) is 12.3. The molecule has 3 nitrogen and oxygen atoms in total. The van der Waals surface area contributed by atoms with E-state index in [0.717, 1.165) is 6.42 Å². The van der Waals surface area contributed by atoms with E-state index in [2.05, 4.69) is 18.3 Å². The lowest BCUT2D eigenvalue weighted by molar-refractivity contribution is -0.117. The molecule has 0 bridgehead atoms. The van der Waals surface area contributed by atoms with Crippen molar-refractivity contribution in [3.8, 4) is 6.07 Å². The highest BCUT2D eigenvalue weighted by Crippen LogP contribution is 2.15. The standard InChI is InChI=1S/C13H16N2O/c1-3-10(2)8-13(16)15-12-7-5-4-6-11(12)9-14/h4-7,10H,3,8H2,1-2H3,(H,15,16). The van der Waals surface area contributed by atoms with Crippen LogP contribution in [0.2, 0.25) is 0 Å². The summed E-state index contributed by atoms with van der Waals surface area (Å²) in [5, 5.41) is 11.6. The van der Waals surface area contributed by atoms with Gasteiger partial charge in [0.05, 0.1) is 11.3 Å². The predicted octanol–water partition coefficient (Wildman–Crippen LogP) is 2.93. The molecular formula is C13H16N2O. The molecule has 0 aliphatic carbocycles. The Morgan fingerprint density at radius 1 is 1.50 bits per heavy atom. The number of para-hydroxylation sites is 1. The summed E-state index contributed by atoms with van der Waals surface area (Å²) in [5.41, 5.74) is 1.10. The van der Waals surface area contributed by atoms with Gasteiger partial charge in [0.1, 0.15) is 6.07 Å². The SMILES string of the molecule is CCC(C)CC(=O)Nc1ccccc1C#N. The monoisotopic (exact) mass is 216 g/mol. The third-order valence-corrected chi connectivity index (χ3v) is 2.55. The minimum atomic E-state index is -0.0305. The summed E-state index contributed by atoms with van der Waals surface area (Å²) in [5.74, 6) is 0.339. The summed E-state index contributed by atoms with van der Waals surface area (Å²) >= 11 is 0. The Bertz CT molecular complexity index is 407. The van der Waals surface area contributed by atoms with E-state index in [-0.39, 0.29) is 5.91 Å². The molecule has 1 aromatic carbocycles. The lowest BCUT2D eigenvalue weighted by atomic mass is 10.0. The minimum Gasteiger partial charge on any atom is -0.325 e. The van der Waals surface area contributed by atoms with Crippen molar-refractivity contribution in [3.63, 3.8) is 0 Å². The minimum absolute atomic E-state index is 0.0305. The molecule has 0 spiro atoms. The average molecular weight is 216 g/mol. The lowest BCUT2D eigenvalue weighted by Gasteiger charge is -2.09. The number of nitrogens with one attached hydrogen (secondary N) is 1. The van der Waals surface area contributed by atoms with Crippen molar-refractivity contribution in [3.05, 3.63) is 29.8 Å². The van der Waals surface area contributed by atoms with Crippen molar-refractivity contribution in [1.29, 1.82) is 5.26 Å². The maximum Gasteiger partial charge on any atom is 0.224 e. The Morgan fingerprint density at radius 2 is 2.19 bits per heavy atom. The van der Waals surface area contributed by atoms with E-state index in [1.54, 1.807) is 24.3 Å². The van der Waals surface area contributed by atoms with Crippen LogP contribution in [0.1, 0.15) is 32.3 Å². The molecule has 0 saturated heterocycles. The molecule has 0 radical (unpaired) electrons. The maximum absolute atomic E-state index is 11.6. The molecular weight excluding hydrogens is 200 g/mol. The molecule has 84 valence electrons. The second kappa shape index (κ2) is 5.92. The fourth-order valence-electron chi connectivity index (χ4n) is 1.35. The van der Waals surface area contributed by atoms with Crippen LogP contribution in [0.4, 0.5) is 5.69 Å². The van der Waals surface area contributed by atoms with Crippen molar-refractivity contribution >= 4 is 11.6 Å². The molecule has 1 amide bonds. The second-order valence-electron chi connectivity index (χ2n) is 3.92. The third kappa shape index (κ3) is 3.39. The predicted molar refractivity (Wildman–Crippen MR) is 63.9 cm³/mol. The maximum atomic E-state index is 11.6. The molecule has 0 saturated carbocycles. The van der Waals surface area contributed by atoms with Crippen LogP contribution in [0.3, 0.4) is 0 Å². The largest absolute Gasteiger partial charge is 0.325 e. The number of carbonyl (C=O) groups is 1. The van der Waals surface area contributed by atoms with Gasteiger partial charge in [0.2, 0.25) is 5.91 Å². The Morgan fingerprint density at radius 3 is 2.81 bits per heavy atom. The summed E-state index contributed by atoms with van der Waals surface area (Å²) in [6.07, 6.45) is 1.48. The highest BCUT2D eigenvalue weighted by atomic mass is 16.1.